The van der Waals surface area contributed by atoms with Crippen LogP contribution in [-0.4, -0.2) is 48.7 Å². The molecule has 1 aliphatic heterocycles. The number of nitrogens with two attached hydrogens (primary N) is 1. The van der Waals surface area contributed by atoms with Gasteiger partial charge in [-0.3, -0.25) is 0 Å². The summed E-state index contributed by atoms with van der Waals surface area (Å²) in [6.07, 6.45) is 3.84. The summed E-state index contributed by atoms with van der Waals surface area (Å²) in [7, 11) is 0. The lowest BCUT2D eigenvalue weighted by Gasteiger charge is -2.15. The van der Waals surface area contributed by atoms with Gasteiger partial charge in [-0.25, -0.2) is 4.79 Å². The van der Waals surface area contributed by atoms with Gasteiger partial charge in [0, 0.05) is 25.0 Å². The Hall–Kier alpha value is -0.420. The molecule has 0 aromatic carbocycles. The maximum atomic E-state index is 11.7. The SMILES string of the molecule is CCCCOC(=O)N1CC(N)C(CSC)C1. The third-order valence-corrected chi connectivity index (χ3v) is 3.62. The Bertz CT molecular complexity index is 226. The molecular weight excluding hydrogens is 224 g/mol. The average molecular weight is 246 g/mol. The summed E-state index contributed by atoms with van der Waals surface area (Å²) in [4.78, 5) is 13.4. The average Bonchev–Trinajstić information content (AvgIpc) is 2.61. The lowest BCUT2D eigenvalue weighted by molar-refractivity contribution is 0.108. The second-order valence-corrected chi connectivity index (χ2v) is 5.16. The van der Waals surface area contributed by atoms with Crippen LogP contribution in [-0.2, 0) is 4.74 Å². The summed E-state index contributed by atoms with van der Waals surface area (Å²) in [5.41, 5.74) is 5.99. The number of rotatable bonds is 5. The second kappa shape index (κ2) is 7.01. The number of unbranched alkanes of at least 4 members (excludes halogenated alkanes) is 1. The maximum absolute atomic E-state index is 11.7. The molecule has 0 radical (unpaired) electrons. The Labute approximate surface area is 102 Å². The predicted octanol–water partition coefficient (Wildman–Crippen LogP) is 1.55. The number of carbonyl (C=O) groups excluding carboxylic acids is 1. The Morgan fingerprint density at radius 2 is 2.31 bits per heavy atom. The molecule has 0 aromatic rings. The van der Waals surface area contributed by atoms with E-state index in [0.29, 0.717) is 19.1 Å². The van der Waals surface area contributed by atoms with Crippen molar-refractivity contribution in [2.24, 2.45) is 11.7 Å². The summed E-state index contributed by atoms with van der Waals surface area (Å²) < 4.78 is 5.17. The monoisotopic (exact) mass is 246 g/mol. The van der Waals surface area contributed by atoms with Gasteiger partial charge in [0.1, 0.15) is 0 Å². The van der Waals surface area contributed by atoms with Crippen molar-refractivity contribution < 1.29 is 9.53 Å². The minimum atomic E-state index is -0.201. The zero-order chi connectivity index (χ0) is 12.0. The molecule has 16 heavy (non-hydrogen) atoms. The van der Waals surface area contributed by atoms with Gasteiger partial charge in [-0.2, -0.15) is 11.8 Å². The standard InChI is InChI=1S/C11H22N2O2S/c1-3-4-5-15-11(14)13-6-9(8-16-2)10(12)7-13/h9-10H,3-8,12H2,1-2H3. The topological polar surface area (TPSA) is 55.6 Å². The van der Waals surface area contributed by atoms with E-state index in [0.717, 1.165) is 25.1 Å². The van der Waals surface area contributed by atoms with Crippen LogP contribution in [0, 0.1) is 5.92 Å². The first-order valence-electron chi connectivity index (χ1n) is 5.85. The lowest BCUT2D eigenvalue weighted by Crippen LogP contribution is -2.33. The van der Waals surface area contributed by atoms with Crippen LogP contribution in [0.1, 0.15) is 19.8 Å². The first-order chi connectivity index (χ1) is 7.69. The highest BCUT2D eigenvalue weighted by Gasteiger charge is 2.33. The normalized spacial score (nSPS) is 24.8. The summed E-state index contributed by atoms with van der Waals surface area (Å²) in [6, 6.07) is 0.103. The van der Waals surface area contributed by atoms with Crippen molar-refractivity contribution in [1.82, 2.24) is 4.90 Å². The first-order valence-corrected chi connectivity index (χ1v) is 7.24. The van der Waals surface area contributed by atoms with E-state index in [9.17, 15) is 4.79 Å². The summed E-state index contributed by atoms with van der Waals surface area (Å²) in [6.45, 7) is 3.98. The Kier molecular flexibility index (Phi) is 5.98. The van der Waals surface area contributed by atoms with E-state index in [-0.39, 0.29) is 12.1 Å². The van der Waals surface area contributed by atoms with Crippen molar-refractivity contribution in [1.29, 1.82) is 0 Å². The second-order valence-electron chi connectivity index (χ2n) is 4.25. The van der Waals surface area contributed by atoms with Gasteiger partial charge in [-0.05, 0) is 18.4 Å². The number of hydrogen-bond acceptors (Lipinski definition) is 4. The van der Waals surface area contributed by atoms with E-state index in [1.807, 2.05) is 0 Å². The van der Waals surface area contributed by atoms with Gasteiger partial charge in [-0.1, -0.05) is 13.3 Å². The van der Waals surface area contributed by atoms with E-state index in [1.165, 1.54) is 0 Å². The minimum Gasteiger partial charge on any atom is -0.449 e. The quantitative estimate of drug-likeness (QED) is 0.748. The summed E-state index contributed by atoms with van der Waals surface area (Å²) >= 11 is 1.78. The summed E-state index contributed by atoms with van der Waals surface area (Å²) in [5.74, 6) is 1.42. The zero-order valence-electron chi connectivity index (χ0n) is 10.1. The first kappa shape index (κ1) is 13.6. The molecule has 0 spiro atoms. The molecule has 0 aliphatic carbocycles. The van der Waals surface area contributed by atoms with Crippen molar-refractivity contribution >= 4 is 17.9 Å². The Morgan fingerprint density at radius 1 is 1.56 bits per heavy atom. The number of hydrogen-bond donors (Lipinski definition) is 1. The molecule has 4 nitrogen and oxygen atoms in total. The number of ether oxygens (including phenoxy) is 1. The number of amides is 1. The molecule has 94 valence electrons. The number of likely N-dealkylation sites (tertiary alicyclic amines) is 1. The van der Waals surface area contributed by atoms with Gasteiger partial charge < -0.3 is 15.4 Å². The van der Waals surface area contributed by atoms with Crippen LogP contribution >= 0.6 is 11.8 Å². The van der Waals surface area contributed by atoms with Crippen LogP contribution in [0.3, 0.4) is 0 Å². The molecule has 2 N–H and O–H groups in total. The fourth-order valence-corrected chi connectivity index (χ4v) is 2.61. The highest BCUT2D eigenvalue weighted by Crippen LogP contribution is 2.19. The highest BCUT2D eigenvalue weighted by molar-refractivity contribution is 7.98. The molecule has 1 fully saturated rings. The molecule has 1 rings (SSSR count). The van der Waals surface area contributed by atoms with Crippen LogP contribution in [0.2, 0.25) is 0 Å². The fourth-order valence-electron chi connectivity index (χ4n) is 1.83. The third kappa shape index (κ3) is 3.87. The lowest BCUT2D eigenvalue weighted by atomic mass is 10.1. The predicted molar refractivity (Wildman–Crippen MR) is 67.7 cm³/mol. The molecule has 0 bridgehead atoms. The molecule has 2 unspecified atom stereocenters. The van der Waals surface area contributed by atoms with Gasteiger partial charge >= 0.3 is 6.09 Å². The molecule has 5 heteroatoms. The van der Waals surface area contributed by atoms with Crippen molar-refractivity contribution in [2.75, 3.05) is 31.7 Å². The summed E-state index contributed by atoms with van der Waals surface area (Å²) in [5, 5.41) is 0. The van der Waals surface area contributed by atoms with Gasteiger partial charge in [0.25, 0.3) is 0 Å². The molecule has 0 saturated carbocycles. The van der Waals surface area contributed by atoms with Crippen molar-refractivity contribution in [2.45, 2.75) is 25.8 Å². The molecule has 1 amide bonds. The van der Waals surface area contributed by atoms with Gasteiger partial charge in [0.05, 0.1) is 6.61 Å². The van der Waals surface area contributed by atoms with E-state index in [2.05, 4.69) is 13.2 Å². The molecule has 2 atom stereocenters. The number of thioether (sulfide) groups is 1. The van der Waals surface area contributed by atoms with Crippen LogP contribution in [0.4, 0.5) is 4.79 Å². The molecule has 1 aliphatic rings. The van der Waals surface area contributed by atoms with Gasteiger partial charge in [0.2, 0.25) is 0 Å². The molecule has 0 aromatic heterocycles. The van der Waals surface area contributed by atoms with E-state index >= 15 is 0 Å². The van der Waals surface area contributed by atoms with Crippen LogP contribution in [0.25, 0.3) is 0 Å². The van der Waals surface area contributed by atoms with Crippen molar-refractivity contribution in [3.63, 3.8) is 0 Å². The maximum Gasteiger partial charge on any atom is 0.409 e. The highest BCUT2D eigenvalue weighted by atomic mass is 32.2. The molecule has 1 heterocycles. The van der Waals surface area contributed by atoms with Crippen molar-refractivity contribution in [3.8, 4) is 0 Å². The van der Waals surface area contributed by atoms with E-state index in [4.69, 9.17) is 10.5 Å². The zero-order valence-corrected chi connectivity index (χ0v) is 11.0. The van der Waals surface area contributed by atoms with Crippen LogP contribution in [0.15, 0.2) is 0 Å². The molecule has 1 saturated heterocycles. The fraction of sp³-hybridized carbons (Fsp3) is 0.909. The number of carbonyl (C=O) groups is 1. The largest absolute Gasteiger partial charge is 0.449 e. The third-order valence-electron chi connectivity index (χ3n) is 2.85. The van der Waals surface area contributed by atoms with Gasteiger partial charge in [-0.15, -0.1) is 0 Å². The molecular formula is C11H22N2O2S. The van der Waals surface area contributed by atoms with Gasteiger partial charge in [0.15, 0.2) is 0 Å². The van der Waals surface area contributed by atoms with E-state index in [1.54, 1.807) is 16.7 Å². The number of nitrogens with zero attached hydrogens (tertiary/aromatic N) is 1. The Morgan fingerprint density at radius 3 is 2.94 bits per heavy atom. The van der Waals surface area contributed by atoms with Crippen LogP contribution in [0.5, 0.6) is 0 Å². The smallest absolute Gasteiger partial charge is 0.409 e. The Balaban J connectivity index is 2.30. The van der Waals surface area contributed by atoms with Crippen molar-refractivity contribution in [3.05, 3.63) is 0 Å². The van der Waals surface area contributed by atoms with E-state index < -0.39 is 0 Å². The van der Waals surface area contributed by atoms with Crippen LogP contribution < -0.4 is 5.73 Å². The minimum absolute atomic E-state index is 0.103.